The summed E-state index contributed by atoms with van der Waals surface area (Å²) in [4.78, 5) is 4.42. The molecule has 1 rings (SSSR count). The first-order valence-electron chi connectivity index (χ1n) is 3.94. The Morgan fingerprint density at radius 3 is 2.00 bits per heavy atom. The topological polar surface area (TPSA) is 25.8 Å². The predicted octanol–water partition coefficient (Wildman–Crippen LogP) is 2.78. The highest BCUT2D eigenvalue weighted by Gasteiger charge is 2.09. The SMILES string of the molecule is CC(C)c1nsc(C(C)C)n1. The molecular weight excluding hydrogens is 156 g/mol. The molecule has 0 N–H and O–H groups in total. The second kappa shape index (κ2) is 3.30. The lowest BCUT2D eigenvalue weighted by Gasteiger charge is -1.96. The number of nitrogens with zero attached hydrogens (tertiary/aromatic N) is 2. The Bertz CT molecular complexity index is 205. The maximum Gasteiger partial charge on any atom is 0.145 e. The van der Waals surface area contributed by atoms with Crippen LogP contribution >= 0.6 is 11.5 Å². The molecule has 0 saturated heterocycles. The van der Waals surface area contributed by atoms with Gasteiger partial charge in [-0.25, -0.2) is 4.98 Å². The van der Waals surface area contributed by atoms with Gasteiger partial charge in [-0.15, -0.1) is 0 Å². The molecule has 3 heteroatoms. The maximum absolute atomic E-state index is 4.42. The smallest absolute Gasteiger partial charge is 0.145 e. The lowest BCUT2D eigenvalue weighted by molar-refractivity contribution is 0.771. The molecule has 0 aliphatic rings. The minimum atomic E-state index is 0.457. The fraction of sp³-hybridized carbons (Fsp3) is 0.750. The van der Waals surface area contributed by atoms with Crippen molar-refractivity contribution in [2.75, 3.05) is 0 Å². The Morgan fingerprint density at radius 1 is 1.09 bits per heavy atom. The summed E-state index contributed by atoms with van der Waals surface area (Å²) < 4.78 is 4.27. The highest BCUT2D eigenvalue weighted by Crippen LogP contribution is 2.19. The van der Waals surface area contributed by atoms with Crippen LogP contribution in [0.1, 0.15) is 50.4 Å². The van der Waals surface area contributed by atoms with Gasteiger partial charge in [0.2, 0.25) is 0 Å². The lowest BCUT2D eigenvalue weighted by Crippen LogP contribution is -1.91. The van der Waals surface area contributed by atoms with E-state index in [1.165, 1.54) is 11.5 Å². The molecule has 0 atom stereocenters. The van der Waals surface area contributed by atoms with Crippen molar-refractivity contribution in [3.8, 4) is 0 Å². The van der Waals surface area contributed by atoms with Gasteiger partial charge in [-0.05, 0) is 11.5 Å². The predicted molar refractivity (Wildman–Crippen MR) is 48.1 cm³/mol. The van der Waals surface area contributed by atoms with Crippen LogP contribution in [0.2, 0.25) is 0 Å². The summed E-state index contributed by atoms with van der Waals surface area (Å²) in [5, 5.41) is 1.15. The van der Waals surface area contributed by atoms with E-state index in [-0.39, 0.29) is 0 Å². The van der Waals surface area contributed by atoms with Crippen LogP contribution < -0.4 is 0 Å². The number of hydrogen-bond acceptors (Lipinski definition) is 3. The summed E-state index contributed by atoms with van der Waals surface area (Å²) >= 11 is 1.52. The van der Waals surface area contributed by atoms with E-state index < -0.39 is 0 Å². The van der Waals surface area contributed by atoms with E-state index >= 15 is 0 Å². The molecule has 0 fully saturated rings. The Kier molecular flexibility index (Phi) is 2.60. The summed E-state index contributed by atoms with van der Waals surface area (Å²) in [6.07, 6.45) is 0. The van der Waals surface area contributed by atoms with Crippen molar-refractivity contribution >= 4 is 11.5 Å². The zero-order valence-corrected chi connectivity index (χ0v) is 8.27. The molecule has 1 heterocycles. The van der Waals surface area contributed by atoms with E-state index in [9.17, 15) is 0 Å². The van der Waals surface area contributed by atoms with Gasteiger partial charge in [0, 0.05) is 11.8 Å². The van der Waals surface area contributed by atoms with Crippen molar-refractivity contribution in [2.45, 2.75) is 39.5 Å². The van der Waals surface area contributed by atoms with E-state index in [1.807, 2.05) is 0 Å². The van der Waals surface area contributed by atoms with Crippen LogP contribution in [-0.4, -0.2) is 9.36 Å². The first kappa shape index (κ1) is 8.65. The maximum atomic E-state index is 4.42. The van der Waals surface area contributed by atoms with E-state index in [2.05, 4.69) is 37.1 Å². The third-order valence-corrected chi connectivity index (χ3v) is 2.50. The Hall–Kier alpha value is -0.440. The molecule has 11 heavy (non-hydrogen) atoms. The highest BCUT2D eigenvalue weighted by atomic mass is 32.1. The van der Waals surface area contributed by atoms with Crippen molar-refractivity contribution < 1.29 is 0 Å². The van der Waals surface area contributed by atoms with Crippen LogP contribution in [0.5, 0.6) is 0 Å². The van der Waals surface area contributed by atoms with E-state index in [0.29, 0.717) is 11.8 Å². The van der Waals surface area contributed by atoms with Gasteiger partial charge in [0.05, 0.1) is 0 Å². The van der Waals surface area contributed by atoms with E-state index in [1.54, 1.807) is 0 Å². The second-order valence-corrected chi connectivity index (χ2v) is 4.08. The summed E-state index contributed by atoms with van der Waals surface area (Å²) in [5.41, 5.74) is 0. The molecule has 0 aliphatic heterocycles. The van der Waals surface area contributed by atoms with Crippen molar-refractivity contribution in [1.82, 2.24) is 9.36 Å². The molecule has 0 saturated carbocycles. The minimum Gasteiger partial charge on any atom is -0.224 e. The van der Waals surface area contributed by atoms with Gasteiger partial charge in [-0.2, -0.15) is 4.37 Å². The summed E-state index contributed by atoms with van der Waals surface area (Å²) in [6, 6.07) is 0. The fourth-order valence-corrected chi connectivity index (χ4v) is 1.50. The van der Waals surface area contributed by atoms with Gasteiger partial charge in [-0.3, -0.25) is 0 Å². The standard InChI is InChI=1S/C8H14N2S/c1-5(2)7-9-8(6(3)4)11-10-7/h5-6H,1-4H3. The largest absolute Gasteiger partial charge is 0.224 e. The summed E-state index contributed by atoms with van der Waals surface area (Å²) in [6.45, 7) is 8.52. The van der Waals surface area contributed by atoms with E-state index in [0.717, 1.165) is 10.8 Å². The Balaban J connectivity index is 2.82. The van der Waals surface area contributed by atoms with Crippen molar-refractivity contribution in [1.29, 1.82) is 0 Å². The average molecular weight is 170 g/mol. The van der Waals surface area contributed by atoms with Gasteiger partial charge < -0.3 is 0 Å². The Labute approximate surface area is 71.8 Å². The third kappa shape index (κ3) is 1.99. The fourth-order valence-electron chi connectivity index (χ4n) is 0.716. The molecule has 0 amide bonds. The molecule has 0 spiro atoms. The van der Waals surface area contributed by atoms with Crippen LogP contribution in [0.4, 0.5) is 0 Å². The highest BCUT2D eigenvalue weighted by molar-refractivity contribution is 7.05. The zero-order chi connectivity index (χ0) is 8.43. The van der Waals surface area contributed by atoms with Gasteiger partial charge >= 0.3 is 0 Å². The van der Waals surface area contributed by atoms with Gasteiger partial charge in [-0.1, -0.05) is 27.7 Å². The van der Waals surface area contributed by atoms with Gasteiger partial charge in [0.15, 0.2) is 0 Å². The molecule has 0 unspecified atom stereocenters. The van der Waals surface area contributed by atoms with Gasteiger partial charge in [0.1, 0.15) is 10.8 Å². The quantitative estimate of drug-likeness (QED) is 0.682. The third-order valence-electron chi connectivity index (χ3n) is 1.47. The lowest BCUT2D eigenvalue weighted by atomic mass is 10.2. The molecule has 62 valence electrons. The zero-order valence-electron chi connectivity index (χ0n) is 7.46. The van der Waals surface area contributed by atoms with Crippen LogP contribution in [0.3, 0.4) is 0 Å². The normalized spacial score (nSPS) is 11.5. The van der Waals surface area contributed by atoms with Crippen molar-refractivity contribution in [2.24, 2.45) is 0 Å². The van der Waals surface area contributed by atoms with Crippen LogP contribution in [0.15, 0.2) is 0 Å². The molecular formula is C8H14N2S. The first-order chi connectivity index (χ1) is 5.11. The van der Waals surface area contributed by atoms with Crippen molar-refractivity contribution in [3.05, 3.63) is 10.8 Å². The second-order valence-electron chi connectivity index (χ2n) is 3.30. The summed E-state index contributed by atoms with van der Waals surface area (Å²) in [7, 11) is 0. The average Bonchev–Trinajstić information content (AvgIpc) is 2.33. The number of rotatable bonds is 2. The monoisotopic (exact) mass is 170 g/mol. The molecule has 1 aromatic heterocycles. The molecule has 0 radical (unpaired) electrons. The molecule has 2 nitrogen and oxygen atoms in total. The number of hydrogen-bond donors (Lipinski definition) is 0. The van der Waals surface area contributed by atoms with E-state index in [4.69, 9.17) is 0 Å². The summed E-state index contributed by atoms with van der Waals surface area (Å²) in [5.74, 6) is 1.96. The number of aromatic nitrogens is 2. The van der Waals surface area contributed by atoms with Crippen molar-refractivity contribution in [3.63, 3.8) is 0 Å². The molecule has 1 aromatic rings. The van der Waals surface area contributed by atoms with Gasteiger partial charge in [0.25, 0.3) is 0 Å². The Morgan fingerprint density at radius 2 is 1.73 bits per heavy atom. The first-order valence-corrected chi connectivity index (χ1v) is 4.72. The van der Waals surface area contributed by atoms with Crippen LogP contribution in [-0.2, 0) is 0 Å². The van der Waals surface area contributed by atoms with Crippen LogP contribution in [0.25, 0.3) is 0 Å². The molecule has 0 aliphatic carbocycles. The molecule has 0 bridgehead atoms. The van der Waals surface area contributed by atoms with Crippen LogP contribution in [0, 0.1) is 0 Å². The minimum absolute atomic E-state index is 0.457. The molecule has 0 aromatic carbocycles.